The van der Waals surface area contributed by atoms with Crippen LogP contribution in [0, 0.1) is 43.4 Å². The summed E-state index contributed by atoms with van der Waals surface area (Å²) in [4.78, 5) is 4.34. The normalized spacial score (nSPS) is 10.4. The van der Waals surface area contributed by atoms with Gasteiger partial charge in [0.15, 0.2) is 5.89 Å². The van der Waals surface area contributed by atoms with Gasteiger partial charge in [-0.05, 0) is 31.5 Å². The molecule has 5 nitrogen and oxygen atoms in total. The zero-order valence-corrected chi connectivity index (χ0v) is 13.8. The van der Waals surface area contributed by atoms with E-state index in [0.29, 0.717) is 23.6 Å². The molecule has 0 saturated carbocycles. The minimum atomic E-state index is 0.556. The Bertz CT molecular complexity index is 978. The van der Waals surface area contributed by atoms with Crippen molar-refractivity contribution in [2.75, 3.05) is 0 Å². The summed E-state index contributed by atoms with van der Waals surface area (Å²) < 4.78 is 7.34. The third-order valence-electron chi connectivity index (χ3n) is 4.18. The van der Waals surface area contributed by atoms with Gasteiger partial charge in [0, 0.05) is 23.9 Å². The molecule has 0 spiro atoms. The molecule has 0 radical (unpaired) electrons. The summed E-state index contributed by atoms with van der Waals surface area (Å²) in [6, 6.07) is 11.7. The summed E-state index contributed by atoms with van der Waals surface area (Å²) in [5, 5.41) is 18.6. The Morgan fingerprint density at radius 1 is 1.04 bits per heavy atom. The number of rotatable bonds is 3. The predicted octanol–water partition coefficient (Wildman–Crippen LogP) is 3.86. The molecule has 0 aliphatic heterocycles. The average molecular weight is 316 g/mol. The van der Waals surface area contributed by atoms with Gasteiger partial charge in [-0.1, -0.05) is 12.1 Å². The maximum absolute atomic E-state index is 9.62. The van der Waals surface area contributed by atoms with E-state index in [1.54, 1.807) is 18.4 Å². The summed E-state index contributed by atoms with van der Waals surface area (Å²) in [7, 11) is 0. The van der Waals surface area contributed by atoms with Crippen molar-refractivity contribution < 1.29 is 4.42 Å². The van der Waals surface area contributed by atoms with Gasteiger partial charge in [0.1, 0.15) is 12.3 Å². The van der Waals surface area contributed by atoms with E-state index >= 15 is 0 Å². The van der Waals surface area contributed by atoms with Crippen molar-refractivity contribution in [3.05, 3.63) is 64.6 Å². The molecular weight excluding hydrogens is 300 g/mol. The minimum absolute atomic E-state index is 0.556. The van der Waals surface area contributed by atoms with Crippen LogP contribution < -0.4 is 0 Å². The number of aromatic nitrogens is 2. The monoisotopic (exact) mass is 316 g/mol. The molecule has 5 heteroatoms. The smallest absolute Gasteiger partial charge is 0.191 e. The van der Waals surface area contributed by atoms with Crippen molar-refractivity contribution in [2.24, 2.45) is 0 Å². The largest absolute Gasteiger partial charge is 0.449 e. The zero-order valence-electron chi connectivity index (χ0n) is 13.8. The van der Waals surface area contributed by atoms with Crippen LogP contribution in [0.5, 0.6) is 0 Å². The lowest BCUT2D eigenvalue weighted by atomic mass is 10.0. The van der Waals surface area contributed by atoms with Gasteiger partial charge >= 0.3 is 0 Å². The van der Waals surface area contributed by atoms with Gasteiger partial charge in [-0.2, -0.15) is 10.5 Å². The Hall–Kier alpha value is -3.31. The second kappa shape index (κ2) is 6.06. The Kier molecular flexibility index (Phi) is 3.93. The SMILES string of the molecule is Cc1nc(Cn2c(C)c(C#N)c(-c3ccc(C#N)cc3)c2C)co1. The Morgan fingerprint density at radius 3 is 2.29 bits per heavy atom. The van der Waals surface area contributed by atoms with Crippen LogP contribution >= 0.6 is 0 Å². The zero-order chi connectivity index (χ0) is 17.3. The fourth-order valence-electron chi connectivity index (χ4n) is 2.96. The van der Waals surface area contributed by atoms with Gasteiger partial charge in [0.05, 0.1) is 29.4 Å². The first kappa shape index (κ1) is 15.6. The molecule has 0 unspecified atom stereocenters. The maximum atomic E-state index is 9.62. The highest BCUT2D eigenvalue weighted by Gasteiger charge is 2.19. The second-order valence-corrected chi connectivity index (χ2v) is 5.67. The highest BCUT2D eigenvalue weighted by Crippen LogP contribution is 2.32. The van der Waals surface area contributed by atoms with Crippen LogP contribution in [0.3, 0.4) is 0 Å². The van der Waals surface area contributed by atoms with Gasteiger partial charge < -0.3 is 8.98 Å². The van der Waals surface area contributed by atoms with E-state index < -0.39 is 0 Å². The van der Waals surface area contributed by atoms with Crippen molar-refractivity contribution in [1.82, 2.24) is 9.55 Å². The van der Waals surface area contributed by atoms with Crippen LogP contribution in [0.2, 0.25) is 0 Å². The maximum Gasteiger partial charge on any atom is 0.191 e. The summed E-state index contributed by atoms with van der Waals surface area (Å²) in [5.41, 5.74) is 5.80. The lowest BCUT2D eigenvalue weighted by molar-refractivity contribution is 0.520. The fourth-order valence-corrected chi connectivity index (χ4v) is 2.96. The second-order valence-electron chi connectivity index (χ2n) is 5.67. The molecule has 0 aliphatic carbocycles. The molecule has 0 atom stereocenters. The van der Waals surface area contributed by atoms with Crippen LogP contribution in [0.25, 0.3) is 11.1 Å². The van der Waals surface area contributed by atoms with Crippen LogP contribution in [-0.2, 0) is 6.54 Å². The van der Waals surface area contributed by atoms with Gasteiger partial charge in [0.2, 0.25) is 0 Å². The Morgan fingerprint density at radius 2 is 1.75 bits per heavy atom. The van der Waals surface area contributed by atoms with E-state index in [2.05, 4.69) is 21.7 Å². The van der Waals surface area contributed by atoms with E-state index in [4.69, 9.17) is 9.68 Å². The highest BCUT2D eigenvalue weighted by molar-refractivity contribution is 5.75. The lowest BCUT2D eigenvalue weighted by Gasteiger charge is -2.07. The van der Waals surface area contributed by atoms with E-state index in [9.17, 15) is 5.26 Å². The predicted molar refractivity (Wildman–Crippen MR) is 89.1 cm³/mol. The molecule has 0 amide bonds. The summed E-state index contributed by atoms with van der Waals surface area (Å²) in [6.07, 6.45) is 1.64. The number of oxazole rings is 1. The number of hydrogen-bond acceptors (Lipinski definition) is 4. The van der Waals surface area contributed by atoms with Gasteiger partial charge in [-0.3, -0.25) is 0 Å². The number of hydrogen-bond donors (Lipinski definition) is 0. The molecule has 2 aromatic heterocycles. The molecule has 1 aromatic carbocycles. The Labute approximate surface area is 140 Å². The third-order valence-corrected chi connectivity index (χ3v) is 4.18. The van der Waals surface area contributed by atoms with Crippen molar-refractivity contribution >= 4 is 0 Å². The summed E-state index contributed by atoms with van der Waals surface area (Å²) in [5.74, 6) is 0.625. The lowest BCUT2D eigenvalue weighted by Crippen LogP contribution is -2.04. The van der Waals surface area contributed by atoms with Crippen molar-refractivity contribution in [1.29, 1.82) is 10.5 Å². The highest BCUT2D eigenvalue weighted by atomic mass is 16.3. The fraction of sp³-hybridized carbons (Fsp3) is 0.211. The summed E-state index contributed by atoms with van der Waals surface area (Å²) in [6.45, 7) is 6.29. The van der Waals surface area contributed by atoms with E-state index in [1.807, 2.05) is 32.9 Å². The number of nitriles is 2. The van der Waals surface area contributed by atoms with E-state index in [-0.39, 0.29) is 0 Å². The van der Waals surface area contributed by atoms with Crippen LogP contribution in [0.4, 0.5) is 0 Å². The van der Waals surface area contributed by atoms with Crippen LogP contribution in [-0.4, -0.2) is 9.55 Å². The van der Waals surface area contributed by atoms with Crippen molar-refractivity contribution in [3.63, 3.8) is 0 Å². The van der Waals surface area contributed by atoms with Gasteiger partial charge in [0.25, 0.3) is 0 Å². The molecule has 0 saturated heterocycles. The molecule has 3 rings (SSSR count). The third kappa shape index (κ3) is 2.57. The molecular formula is C19H16N4O. The number of benzene rings is 1. The number of aryl methyl sites for hydroxylation is 1. The quantitative estimate of drug-likeness (QED) is 0.735. The molecule has 0 fully saturated rings. The van der Waals surface area contributed by atoms with Crippen LogP contribution in [0.15, 0.2) is 34.9 Å². The first-order valence-electron chi connectivity index (χ1n) is 7.56. The van der Waals surface area contributed by atoms with Crippen molar-refractivity contribution in [3.8, 4) is 23.3 Å². The Balaban J connectivity index is 2.11. The molecule has 0 N–H and O–H groups in total. The molecule has 24 heavy (non-hydrogen) atoms. The average Bonchev–Trinajstić information content (AvgIpc) is 3.10. The van der Waals surface area contributed by atoms with Gasteiger partial charge in [-0.25, -0.2) is 4.98 Å². The topological polar surface area (TPSA) is 78.5 Å². The standard InChI is InChI=1S/C19H16N4O/c1-12-18(9-21)19(16-6-4-15(8-20)5-7-16)13(2)23(12)10-17-11-24-14(3)22-17/h4-7,11H,10H2,1-3H3. The van der Waals surface area contributed by atoms with Crippen LogP contribution in [0.1, 0.15) is 34.1 Å². The first-order chi connectivity index (χ1) is 11.5. The van der Waals surface area contributed by atoms with E-state index in [1.165, 1.54) is 0 Å². The molecule has 0 bridgehead atoms. The van der Waals surface area contributed by atoms with E-state index in [0.717, 1.165) is 28.2 Å². The number of nitrogens with zero attached hydrogens (tertiary/aromatic N) is 4. The summed E-state index contributed by atoms with van der Waals surface area (Å²) >= 11 is 0. The minimum Gasteiger partial charge on any atom is -0.449 e. The van der Waals surface area contributed by atoms with Gasteiger partial charge in [-0.15, -0.1) is 0 Å². The molecule has 118 valence electrons. The first-order valence-corrected chi connectivity index (χ1v) is 7.56. The molecule has 2 heterocycles. The van der Waals surface area contributed by atoms with Crippen molar-refractivity contribution in [2.45, 2.75) is 27.3 Å². The molecule has 3 aromatic rings. The molecule has 0 aliphatic rings.